The molecule has 2 atom stereocenters. The number of aryl methyl sites for hydroxylation is 1. The van der Waals surface area contributed by atoms with E-state index in [1.165, 1.54) is 18.2 Å². The van der Waals surface area contributed by atoms with E-state index in [0.29, 0.717) is 35.3 Å². The quantitative estimate of drug-likeness (QED) is 0.258. The first kappa shape index (κ1) is 25.0. The van der Waals surface area contributed by atoms with Crippen molar-refractivity contribution in [2.75, 3.05) is 0 Å². The van der Waals surface area contributed by atoms with Crippen LogP contribution in [0.15, 0.2) is 59.3 Å². The molecule has 5 aromatic rings. The molecule has 204 valence electrons. The molecule has 3 aromatic carbocycles. The smallest absolute Gasteiger partial charge is 0.227 e. The van der Waals surface area contributed by atoms with E-state index in [1.807, 2.05) is 19.2 Å². The Morgan fingerprint density at radius 2 is 1.85 bits per heavy atom. The molecule has 0 aliphatic heterocycles. The second-order valence-corrected chi connectivity index (χ2v) is 11.0. The van der Waals surface area contributed by atoms with Crippen LogP contribution in [0.3, 0.4) is 0 Å². The minimum Gasteiger partial charge on any atom is -0.433 e. The molecule has 0 amide bonds. The Morgan fingerprint density at radius 3 is 2.60 bits per heavy atom. The van der Waals surface area contributed by atoms with Gasteiger partial charge in [-0.3, -0.25) is 0 Å². The first-order valence-corrected chi connectivity index (χ1v) is 13.7. The highest BCUT2D eigenvalue weighted by atomic mass is 19.1. The number of benzene rings is 3. The molecule has 2 aromatic heterocycles. The Bertz CT molecular complexity index is 1720. The van der Waals surface area contributed by atoms with Crippen LogP contribution in [0.1, 0.15) is 49.1 Å². The Kier molecular flexibility index (Phi) is 6.20. The average Bonchev–Trinajstić information content (AvgIpc) is 3.34. The van der Waals surface area contributed by atoms with Crippen molar-refractivity contribution in [3.63, 3.8) is 0 Å². The van der Waals surface area contributed by atoms with Crippen molar-refractivity contribution in [1.82, 2.24) is 25.1 Å². The number of rotatable bonds is 7. The Morgan fingerprint density at radius 1 is 1.00 bits per heavy atom. The van der Waals surface area contributed by atoms with Crippen LogP contribution >= 0.6 is 0 Å². The van der Waals surface area contributed by atoms with Gasteiger partial charge in [0.25, 0.3) is 0 Å². The molecule has 9 heteroatoms. The van der Waals surface area contributed by atoms with Gasteiger partial charge in [-0.25, -0.2) is 13.8 Å². The van der Waals surface area contributed by atoms with Crippen LogP contribution in [-0.2, 0) is 13.6 Å². The summed E-state index contributed by atoms with van der Waals surface area (Å²) in [5, 5.41) is 21.6. The first-order chi connectivity index (χ1) is 19.4. The lowest BCUT2D eigenvalue weighted by atomic mass is 9.94. The number of hydrogen-bond acceptors (Lipinski definition) is 6. The van der Waals surface area contributed by atoms with E-state index < -0.39 is 5.82 Å². The second kappa shape index (κ2) is 9.91. The van der Waals surface area contributed by atoms with Crippen molar-refractivity contribution >= 4 is 11.1 Å². The lowest BCUT2D eigenvalue weighted by Gasteiger charge is -2.16. The molecule has 2 aliphatic rings. The summed E-state index contributed by atoms with van der Waals surface area (Å²) in [5.74, 6) is 0.491. The Balaban J connectivity index is 1.28. The van der Waals surface area contributed by atoms with Gasteiger partial charge in [0.1, 0.15) is 17.7 Å². The van der Waals surface area contributed by atoms with Gasteiger partial charge >= 0.3 is 0 Å². The fourth-order valence-corrected chi connectivity index (χ4v) is 5.76. The van der Waals surface area contributed by atoms with E-state index in [-0.39, 0.29) is 23.5 Å². The minimum atomic E-state index is -0.471. The van der Waals surface area contributed by atoms with Crippen molar-refractivity contribution in [1.29, 1.82) is 0 Å². The number of aliphatic hydroxyl groups is 1. The summed E-state index contributed by atoms with van der Waals surface area (Å²) < 4.78 is 37.2. The molecule has 2 N–H and O–H groups in total. The summed E-state index contributed by atoms with van der Waals surface area (Å²) in [6.07, 6.45) is 6.09. The molecule has 0 radical (unpaired) electrons. The lowest BCUT2D eigenvalue weighted by Crippen LogP contribution is -2.35. The van der Waals surface area contributed by atoms with Gasteiger partial charge in [0.2, 0.25) is 5.89 Å². The van der Waals surface area contributed by atoms with Crippen molar-refractivity contribution in [3.8, 4) is 34.0 Å². The molecule has 7 rings (SSSR count). The standard InChI is InChI=1S/C31H29F2N5O2/c1-38-16-35-37-30(38)24-14-22(32)7-8-23(24)20-11-19(18-5-6-18)12-21(13-20)31-36-27-10-17(9-25(33)29(27)40-31)15-34-26-3-2-4-28(26)39/h7-14,16,18,26,28,34,39H,2-6,15H2,1H3/t26-,28+/m1/s1. The predicted molar refractivity (Wildman–Crippen MR) is 147 cm³/mol. The maximum atomic E-state index is 15.1. The van der Waals surface area contributed by atoms with Crippen molar-refractivity contribution < 1.29 is 18.3 Å². The number of fused-ring (bicyclic) bond motifs is 1. The summed E-state index contributed by atoms with van der Waals surface area (Å²) in [6.45, 7) is 0.438. The summed E-state index contributed by atoms with van der Waals surface area (Å²) >= 11 is 0. The predicted octanol–water partition coefficient (Wildman–Crippen LogP) is 6.12. The van der Waals surface area contributed by atoms with Crippen LogP contribution in [-0.4, -0.2) is 37.0 Å². The topological polar surface area (TPSA) is 89.0 Å². The van der Waals surface area contributed by atoms with E-state index in [1.54, 1.807) is 17.0 Å². The highest BCUT2D eigenvalue weighted by Crippen LogP contribution is 2.44. The van der Waals surface area contributed by atoms with Gasteiger partial charge in [-0.2, -0.15) is 0 Å². The molecule has 2 fully saturated rings. The van der Waals surface area contributed by atoms with Gasteiger partial charge < -0.3 is 19.4 Å². The number of aromatic nitrogens is 4. The fourth-order valence-electron chi connectivity index (χ4n) is 5.76. The van der Waals surface area contributed by atoms with Crippen LogP contribution in [0, 0.1) is 11.6 Å². The van der Waals surface area contributed by atoms with Crippen LogP contribution in [0.5, 0.6) is 0 Å². The zero-order chi connectivity index (χ0) is 27.4. The van der Waals surface area contributed by atoms with Crippen LogP contribution in [0.4, 0.5) is 8.78 Å². The molecular weight excluding hydrogens is 512 g/mol. The van der Waals surface area contributed by atoms with Gasteiger partial charge in [-0.1, -0.05) is 12.1 Å². The maximum Gasteiger partial charge on any atom is 0.227 e. The number of oxazole rings is 1. The van der Waals surface area contributed by atoms with Gasteiger partial charge in [0.15, 0.2) is 17.2 Å². The summed E-state index contributed by atoms with van der Waals surface area (Å²) in [6, 6.07) is 14.1. The molecular formula is C31H29F2N5O2. The molecule has 40 heavy (non-hydrogen) atoms. The highest BCUT2D eigenvalue weighted by Gasteiger charge is 2.27. The number of halogens is 2. The second-order valence-electron chi connectivity index (χ2n) is 11.0. The van der Waals surface area contributed by atoms with Gasteiger partial charge in [-0.15, -0.1) is 10.2 Å². The molecule has 2 heterocycles. The average molecular weight is 542 g/mol. The van der Waals surface area contributed by atoms with Gasteiger partial charge in [-0.05, 0) is 96.7 Å². The maximum absolute atomic E-state index is 15.1. The fraction of sp³-hybridized carbons (Fsp3) is 0.323. The molecule has 0 bridgehead atoms. The number of nitrogens with one attached hydrogen (secondary N) is 1. The first-order valence-electron chi connectivity index (χ1n) is 13.7. The van der Waals surface area contributed by atoms with Crippen LogP contribution in [0.2, 0.25) is 0 Å². The van der Waals surface area contributed by atoms with E-state index in [9.17, 15) is 9.50 Å². The number of hydrogen-bond donors (Lipinski definition) is 2. The van der Waals surface area contributed by atoms with Crippen molar-refractivity contribution in [2.45, 2.75) is 56.7 Å². The summed E-state index contributed by atoms with van der Waals surface area (Å²) in [7, 11) is 1.82. The molecule has 2 saturated carbocycles. The number of aliphatic hydroxyl groups excluding tert-OH is 1. The zero-order valence-corrected chi connectivity index (χ0v) is 22.1. The molecule has 7 nitrogen and oxygen atoms in total. The van der Waals surface area contributed by atoms with Crippen LogP contribution < -0.4 is 5.32 Å². The summed E-state index contributed by atoms with van der Waals surface area (Å²) in [4.78, 5) is 4.69. The van der Waals surface area contributed by atoms with Gasteiger partial charge in [0, 0.05) is 30.8 Å². The monoisotopic (exact) mass is 541 g/mol. The molecule has 0 unspecified atom stereocenters. The highest BCUT2D eigenvalue weighted by molar-refractivity contribution is 5.84. The van der Waals surface area contributed by atoms with Crippen molar-refractivity contribution in [3.05, 3.63) is 77.6 Å². The minimum absolute atomic E-state index is 0.0214. The van der Waals surface area contributed by atoms with Crippen LogP contribution in [0.25, 0.3) is 45.1 Å². The SMILES string of the molecule is Cn1cnnc1-c1cc(F)ccc1-c1cc(-c2nc3cc(CN[C@@H]4CCC[C@@H]4O)cc(F)c3o2)cc(C2CC2)c1. The van der Waals surface area contributed by atoms with Gasteiger partial charge in [0.05, 0.1) is 6.10 Å². The normalized spacial score (nSPS) is 19.1. The third-order valence-corrected chi connectivity index (χ3v) is 8.05. The molecule has 0 saturated heterocycles. The third-order valence-electron chi connectivity index (χ3n) is 8.05. The molecule has 2 aliphatic carbocycles. The Hall–Kier alpha value is -3.95. The van der Waals surface area contributed by atoms with E-state index in [4.69, 9.17) is 4.42 Å². The largest absolute Gasteiger partial charge is 0.433 e. The Labute approximate surface area is 229 Å². The lowest BCUT2D eigenvalue weighted by molar-refractivity contribution is 0.148. The third kappa shape index (κ3) is 4.69. The van der Waals surface area contributed by atoms with E-state index >= 15 is 4.39 Å². The number of nitrogens with zero attached hydrogens (tertiary/aromatic N) is 4. The van der Waals surface area contributed by atoms with Crippen molar-refractivity contribution in [2.24, 2.45) is 7.05 Å². The van der Waals surface area contributed by atoms with E-state index in [0.717, 1.165) is 59.9 Å². The summed E-state index contributed by atoms with van der Waals surface area (Å²) in [5.41, 5.74) is 5.49. The molecule has 0 spiro atoms. The van der Waals surface area contributed by atoms with E-state index in [2.05, 4.69) is 32.6 Å². The zero-order valence-electron chi connectivity index (χ0n) is 22.1.